The van der Waals surface area contributed by atoms with E-state index in [1.165, 1.54) is 25.7 Å². The Morgan fingerprint density at radius 1 is 1.12 bits per heavy atom. The van der Waals surface area contributed by atoms with Crippen molar-refractivity contribution < 1.29 is 9.32 Å². The van der Waals surface area contributed by atoms with Crippen LogP contribution in [0, 0.1) is 18.8 Å². The number of nitrogens with zero attached hydrogens (tertiary/aromatic N) is 2. The quantitative estimate of drug-likeness (QED) is 0.719. The number of rotatable bonds is 2. The maximum atomic E-state index is 13.3. The molecule has 6 heteroatoms. The minimum absolute atomic E-state index is 0.0245. The van der Waals surface area contributed by atoms with Crippen LogP contribution in [-0.4, -0.2) is 29.1 Å². The molecule has 3 aliphatic rings. The van der Waals surface area contributed by atoms with E-state index in [1.807, 2.05) is 4.90 Å². The first kappa shape index (κ1) is 16.9. The van der Waals surface area contributed by atoms with Gasteiger partial charge in [0, 0.05) is 18.7 Å². The summed E-state index contributed by atoms with van der Waals surface area (Å²) in [6.45, 7) is 3.40. The fraction of sp³-hybridized carbons (Fsp3) is 0.474. The number of aromatic nitrogens is 1. The van der Waals surface area contributed by atoms with Crippen LogP contribution in [0.15, 0.2) is 22.7 Å². The summed E-state index contributed by atoms with van der Waals surface area (Å²) in [4.78, 5) is 15.3. The average molecular weight is 379 g/mol. The number of carbonyl (C=O) groups is 1. The van der Waals surface area contributed by atoms with Crippen LogP contribution in [-0.2, 0) is 0 Å². The summed E-state index contributed by atoms with van der Waals surface area (Å²) in [5.41, 5.74) is 1.48. The first-order valence-electron chi connectivity index (χ1n) is 8.74. The summed E-state index contributed by atoms with van der Waals surface area (Å²) >= 11 is 12.7. The van der Waals surface area contributed by atoms with E-state index in [-0.39, 0.29) is 5.91 Å². The van der Waals surface area contributed by atoms with Crippen molar-refractivity contribution in [3.8, 4) is 11.3 Å². The van der Waals surface area contributed by atoms with Crippen LogP contribution in [0.5, 0.6) is 0 Å². The van der Waals surface area contributed by atoms with E-state index >= 15 is 0 Å². The zero-order valence-corrected chi connectivity index (χ0v) is 15.6. The molecule has 132 valence electrons. The second-order valence-electron chi connectivity index (χ2n) is 7.16. The van der Waals surface area contributed by atoms with Gasteiger partial charge in [-0.2, -0.15) is 0 Å². The largest absolute Gasteiger partial charge is 0.360 e. The van der Waals surface area contributed by atoms with Crippen molar-refractivity contribution in [1.29, 1.82) is 0 Å². The molecule has 1 amide bonds. The summed E-state index contributed by atoms with van der Waals surface area (Å²) in [5, 5.41) is 5.04. The lowest BCUT2D eigenvalue weighted by Gasteiger charge is -2.23. The van der Waals surface area contributed by atoms with Crippen molar-refractivity contribution >= 4 is 29.1 Å². The van der Waals surface area contributed by atoms with Crippen molar-refractivity contribution in [2.45, 2.75) is 32.6 Å². The van der Waals surface area contributed by atoms with Gasteiger partial charge in [-0.05, 0) is 56.6 Å². The smallest absolute Gasteiger partial charge is 0.259 e. The predicted molar refractivity (Wildman–Crippen MR) is 98.0 cm³/mol. The topological polar surface area (TPSA) is 46.3 Å². The number of aryl methyl sites for hydroxylation is 1. The molecular formula is C19H20Cl2N2O2. The Balaban J connectivity index is 1.74. The zero-order valence-electron chi connectivity index (χ0n) is 14.1. The molecule has 1 saturated carbocycles. The molecule has 0 spiro atoms. The van der Waals surface area contributed by atoms with Gasteiger partial charge < -0.3 is 9.42 Å². The van der Waals surface area contributed by atoms with Gasteiger partial charge in [0.2, 0.25) is 0 Å². The van der Waals surface area contributed by atoms with Gasteiger partial charge in [-0.25, -0.2) is 0 Å². The monoisotopic (exact) mass is 378 g/mol. The molecule has 2 aromatic rings. The van der Waals surface area contributed by atoms with Crippen LogP contribution in [0.2, 0.25) is 10.0 Å². The Labute approximate surface area is 157 Å². The van der Waals surface area contributed by atoms with Crippen molar-refractivity contribution in [3.05, 3.63) is 39.6 Å². The van der Waals surface area contributed by atoms with Crippen molar-refractivity contribution in [1.82, 2.24) is 10.1 Å². The molecule has 2 saturated heterocycles. The Kier molecular flexibility index (Phi) is 4.50. The molecule has 1 aliphatic carbocycles. The number of amides is 1. The lowest BCUT2D eigenvalue weighted by Crippen LogP contribution is -2.35. The molecule has 25 heavy (non-hydrogen) atoms. The van der Waals surface area contributed by atoms with Crippen molar-refractivity contribution in [3.63, 3.8) is 0 Å². The Morgan fingerprint density at radius 2 is 1.68 bits per heavy atom. The third-order valence-corrected chi connectivity index (χ3v) is 6.12. The van der Waals surface area contributed by atoms with Crippen molar-refractivity contribution in [2.75, 3.05) is 13.1 Å². The Hall–Kier alpha value is -1.52. The number of halogens is 2. The zero-order chi connectivity index (χ0) is 17.6. The lowest BCUT2D eigenvalue weighted by molar-refractivity contribution is 0.0738. The highest BCUT2D eigenvalue weighted by Gasteiger charge is 2.35. The molecule has 0 atom stereocenters. The fourth-order valence-electron chi connectivity index (χ4n) is 4.14. The van der Waals surface area contributed by atoms with Gasteiger partial charge in [-0.15, -0.1) is 0 Å². The second kappa shape index (κ2) is 6.65. The number of benzene rings is 1. The van der Waals surface area contributed by atoms with Crippen LogP contribution < -0.4 is 0 Å². The van der Waals surface area contributed by atoms with Crippen LogP contribution >= 0.6 is 23.2 Å². The summed E-state index contributed by atoms with van der Waals surface area (Å²) < 4.78 is 5.36. The van der Waals surface area contributed by atoms with E-state index in [9.17, 15) is 4.79 Å². The van der Waals surface area contributed by atoms with Gasteiger partial charge in [0.15, 0.2) is 0 Å². The molecule has 1 aromatic carbocycles. The van der Waals surface area contributed by atoms with Crippen LogP contribution in [0.1, 0.15) is 41.8 Å². The predicted octanol–water partition coefficient (Wildman–Crippen LogP) is 5.22. The van der Waals surface area contributed by atoms with Crippen LogP contribution in [0.4, 0.5) is 0 Å². The standard InChI is InChI=1S/C19H20Cl2N2O2/c1-11-16(18(22-25-11)17-14(20)3-2-4-15(17)21)19(24)23-9-12-5-6-13(10-23)8-7-12/h2-4,12-13H,5-10H2,1H3. The van der Waals surface area contributed by atoms with Crippen LogP contribution in [0.3, 0.4) is 0 Å². The highest BCUT2D eigenvalue weighted by Crippen LogP contribution is 2.39. The highest BCUT2D eigenvalue weighted by molar-refractivity contribution is 6.39. The first-order chi connectivity index (χ1) is 12.0. The molecule has 5 rings (SSSR count). The maximum Gasteiger partial charge on any atom is 0.259 e. The summed E-state index contributed by atoms with van der Waals surface area (Å²) in [6, 6.07) is 5.26. The third-order valence-electron chi connectivity index (χ3n) is 5.49. The molecule has 0 radical (unpaired) electrons. The third kappa shape index (κ3) is 3.06. The van der Waals surface area contributed by atoms with Gasteiger partial charge in [-0.1, -0.05) is 34.4 Å². The summed E-state index contributed by atoms with van der Waals surface area (Å²) in [6.07, 6.45) is 4.89. The number of hydrogen-bond acceptors (Lipinski definition) is 3. The minimum Gasteiger partial charge on any atom is -0.360 e. The molecule has 2 bridgehead atoms. The van der Waals surface area contributed by atoms with Crippen molar-refractivity contribution in [2.24, 2.45) is 11.8 Å². The number of carbonyl (C=O) groups excluding carboxylic acids is 1. The molecule has 4 nitrogen and oxygen atoms in total. The first-order valence-corrected chi connectivity index (χ1v) is 9.50. The molecule has 0 unspecified atom stereocenters. The minimum atomic E-state index is -0.0245. The fourth-order valence-corrected chi connectivity index (χ4v) is 4.71. The molecule has 3 fully saturated rings. The SMILES string of the molecule is Cc1onc(-c2c(Cl)cccc2Cl)c1C(=O)N1CC2CCC(CC2)C1. The number of fused-ring (bicyclic) bond motifs is 4. The van der Waals surface area contributed by atoms with Gasteiger partial charge in [0.05, 0.1) is 10.0 Å². The highest BCUT2D eigenvalue weighted by atomic mass is 35.5. The average Bonchev–Trinajstić information content (AvgIpc) is 2.77. The van der Waals surface area contributed by atoms with Crippen LogP contribution in [0.25, 0.3) is 11.3 Å². The van der Waals surface area contributed by atoms with E-state index in [0.717, 1.165) is 13.1 Å². The molecular weight excluding hydrogens is 359 g/mol. The Morgan fingerprint density at radius 3 is 2.24 bits per heavy atom. The van der Waals surface area contributed by atoms with E-state index in [0.29, 0.717) is 44.5 Å². The van der Waals surface area contributed by atoms with E-state index < -0.39 is 0 Å². The molecule has 3 heterocycles. The van der Waals surface area contributed by atoms with Gasteiger partial charge in [0.25, 0.3) is 5.91 Å². The van der Waals surface area contributed by atoms with Gasteiger partial charge >= 0.3 is 0 Å². The summed E-state index contributed by atoms with van der Waals surface area (Å²) in [7, 11) is 0. The molecule has 1 aromatic heterocycles. The molecule has 0 N–H and O–H groups in total. The number of hydrogen-bond donors (Lipinski definition) is 0. The lowest BCUT2D eigenvalue weighted by atomic mass is 9.84. The summed E-state index contributed by atoms with van der Waals surface area (Å²) in [5.74, 6) is 1.70. The van der Waals surface area contributed by atoms with Gasteiger partial charge in [0.1, 0.15) is 17.0 Å². The Bertz CT molecular complexity index is 776. The van der Waals surface area contributed by atoms with E-state index in [4.69, 9.17) is 27.7 Å². The molecule has 2 aliphatic heterocycles. The second-order valence-corrected chi connectivity index (χ2v) is 7.97. The maximum absolute atomic E-state index is 13.3. The van der Waals surface area contributed by atoms with E-state index in [1.54, 1.807) is 25.1 Å². The van der Waals surface area contributed by atoms with E-state index in [2.05, 4.69) is 5.16 Å². The van der Waals surface area contributed by atoms with Gasteiger partial charge in [-0.3, -0.25) is 4.79 Å². The normalized spacial score (nSPS) is 22.9.